The van der Waals surface area contributed by atoms with Crippen LogP contribution in [0.4, 0.5) is 0 Å². The molecule has 1 heterocycles. The predicted molar refractivity (Wildman–Crippen MR) is 97.3 cm³/mol. The maximum Gasteiger partial charge on any atom is 0.248 e. The number of hydrogen-bond donors (Lipinski definition) is 2. The average molecular weight is 345 g/mol. The number of aryl methyl sites for hydroxylation is 1. The van der Waals surface area contributed by atoms with Gasteiger partial charge in [-0.05, 0) is 32.8 Å². The molecule has 1 aromatic heterocycles. The summed E-state index contributed by atoms with van der Waals surface area (Å²) >= 11 is 0. The van der Waals surface area contributed by atoms with Crippen molar-refractivity contribution < 1.29 is 9.26 Å². The Kier molecular flexibility index (Phi) is 7.91. The summed E-state index contributed by atoms with van der Waals surface area (Å²) in [5.74, 6) is 1.86. The summed E-state index contributed by atoms with van der Waals surface area (Å²) < 4.78 is 10.9. The lowest BCUT2D eigenvalue weighted by Gasteiger charge is -2.14. The highest BCUT2D eigenvalue weighted by Crippen LogP contribution is 2.15. The maximum atomic E-state index is 5.87. The summed E-state index contributed by atoms with van der Waals surface area (Å²) in [5.41, 5.74) is 1.19. The van der Waals surface area contributed by atoms with E-state index < -0.39 is 0 Å². The number of benzene rings is 1. The number of guanidine groups is 1. The van der Waals surface area contributed by atoms with Crippen LogP contribution in [0.25, 0.3) is 0 Å². The van der Waals surface area contributed by atoms with Crippen molar-refractivity contribution in [3.8, 4) is 0 Å². The summed E-state index contributed by atoms with van der Waals surface area (Å²) in [7, 11) is 0. The summed E-state index contributed by atoms with van der Waals surface area (Å²) in [4.78, 5) is 8.58. The standard InChI is InChI=1S/C18H27N5O2/c1-4-19-18(21-13-17-22-15(3)23-25-17)20-11-8-12-24-14(2)16-9-6-5-7-10-16/h5-7,9-10,14H,4,8,11-13H2,1-3H3,(H2,19,20,21). The fourth-order valence-corrected chi connectivity index (χ4v) is 2.25. The van der Waals surface area contributed by atoms with E-state index in [1.165, 1.54) is 5.56 Å². The molecule has 1 atom stereocenters. The number of nitrogens with zero attached hydrogens (tertiary/aromatic N) is 3. The summed E-state index contributed by atoms with van der Waals surface area (Å²) in [6, 6.07) is 10.2. The van der Waals surface area contributed by atoms with Crippen molar-refractivity contribution >= 4 is 5.96 Å². The summed E-state index contributed by atoms with van der Waals surface area (Å²) in [6.07, 6.45) is 0.991. The lowest BCUT2D eigenvalue weighted by atomic mass is 10.1. The van der Waals surface area contributed by atoms with Gasteiger partial charge in [0.05, 0.1) is 6.10 Å². The number of rotatable bonds is 9. The Bertz CT molecular complexity index is 642. The molecule has 0 aliphatic carbocycles. The monoisotopic (exact) mass is 345 g/mol. The Morgan fingerprint density at radius 2 is 2.08 bits per heavy atom. The Hall–Kier alpha value is -2.41. The van der Waals surface area contributed by atoms with Crippen molar-refractivity contribution in [2.45, 2.75) is 39.8 Å². The molecule has 0 amide bonds. The first-order valence-electron chi connectivity index (χ1n) is 8.67. The lowest BCUT2D eigenvalue weighted by Crippen LogP contribution is -2.38. The van der Waals surface area contributed by atoms with Crippen LogP contribution in [0.15, 0.2) is 39.8 Å². The zero-order valence-corrected chi connectivity index (χ0v) is 15.2. The SMILES string of the molecule is CCNC(=NCc1nc(C)no1)NCCCOC(C)c1ccccc1. The number of ether oxygens (including phenoxy) is 1. The van der Waals surface area contributed by atoms with Crippen LogP contribution in [0.3, 0.4) is 0 Å². The van der Waals surface area contributed by atoms with E-state index in [0.717, 1.165) is 25.5 Å². The van der Waals surface area contributed by atoms with Gasteiger partial charge in [0.1, 0.15) is 6.54 Å². The molecule has 2 N–H and O–H groups in total. The average Bonchev–Trinajstić information content (AvgIpc) is 3.05. The van der Waals surface area contributed by atoms with Crippen LogP contribution in [-0.2, 0) is 11.3 Å². The lowest BCUT2D eigenvalue weighted by molar-refractivity contribution is 0.0646. The molecule has 2 aromatic rings. The van der Waals surface area contributed by atoms with Crippen molar-refractivity contribution in [2.24, 2.45) is 4.99 Å². The van der Waals surface area contributed by atoms with Crippen molar-refractivity contribution in [3.63, 3.8) is 0 Å². The fraction of sp³-hybridized carbons (Fsp3) is 0.500. The number of aliphatic imine (C=N–C) groups is 1. The van der Waals surface area contributed by atoms with Gasteiger partial charge in [-0.15, -0.1) is 0 Å². The Balaban J connectivity index is 1.68. The first-order chi connectivity index (χ1) is 12.2. The first kappa shape index (κ1) is 18.9. The molecule has 7 nitrogen and oxygen atoms in total. The molecule has 7 heteroatoms. The van der Waals surface area contributed by atoms with Gasteiger partial charge in [-0.25, -0.2) is 4.99 Å². The van der Waals surface area contributed by atoms with Crippen molar-refractivity contribution in [3.05, 3.63) is 47.6 Å². The quantitative estimate of drug-likeness (QED) is 0.413. The van der Waals surface area contributed by atoms with Crippen molar-refractivity contribution in [1.29, 1.82) is 0 Å². The molecule has 0 radical (unpaired) electrons. The van der Waals surface area contributed by atoms with E-state index in [0.29, 0.717) is 24.9 Å². The second-order valence-corrected chi connectivity index (χ2v) is 5.63. The predicted octanol–water partition coefficient (Wildman–Crippen LogP) is 2.60. The van der Waals surface area contributed by atoms with E-state index in [1.807, 2.05) is 25.1 Å². The van der Waals surface area contributed by atoms with Crippen LogP contribution in [0.5, 0.6) is 0 Å². The molecule has 0 saturated heterocycles. The summed E-state index contributed by atoms with van der Waals surface area (Å²) in [5, 5.41) is 10.2. The molecule has 0 fully saturated rings. The van der Waals surface area contributed by atoms with E-state index >= 15 is 0 Å². The molecular weight excluding hydrogens is 318 g/mol. The third-order valence-electron chi connectivity index (χ3n) is 3.54. The topological polar surface area (TPSA) is 84.6 Å². The van der Waals surface area contributed by atoms with Crippen LogP contribution in [-0.4, -0.2) is 35.8 Å². The fourth-order valence-electron chi connectivity index (χ4n) is 2.25. The van der Waals surface area contributed by atoms with Gasteiger partial charge in [0, 0.05) is 19.7 Å². The highest BCUT2D eigenvalue weighted by Gasteiger charge is 2.05. The highest BCUT2D eigenvalue weighted by atomic mass is 16.5. The molecule has 136 valence electrons. The second kappa shape index (κ2) is 10.5. The van der Waals surface area contributed by atoms with Crippen molar-refractivity contribution in [2.75, 3.05) is 19.7 Å². The molecule has 0 spiro atoms. The van der Waals surface area contributed by atoms with Crippen molar-refractivity contribution in [1.82, 2.24) is 20.8 Å². The van der Waals surface area contributed by atoms with Gasteiger partial charge in [-0.3, -0.25) is 0 Å². The zero-order chi connectivity index (χ0) is 17.9. The third kappa shape index (κ3) is 6.93. The normalized spacial score (nSPS) is 12.8. The smallest absolute Gasteiger partial charge is 0.248 e. The molecule has 25 heavy (non-hydrogen) atoms. The summed E-state index contributed by atoms with van der Waals surface area (Å²) in [6.45, 7) is 8.49. The van der Waals surface area contributed by atoms with E-state index in [2.05, 4.69) is 44.8 Å². The van der Waals surface area contributed by atoms with Crippen LogP contribution in [0, 0.1) is 6.92 Å². The van der Waals surface area contributed by atoms with Gasteiger partial charge < -0.3 is 19.9 Å². The molecule has 0 bridgehead atoms. The highest BCUT2D eigenvalue weighted by molar-refractivity contribution is 5.79. The molecule has 1 unspecified atom stereocenters. The minimum absolute atomic E-state index is 0.101. The minimum Gasteiger partial charge on any atom is -0.374 e. The van der Waals surface area contributed by atoms with E-state index in [9.17, 15) is 0 Å². The molecule has 0 aliphatic rings. The third-order valence-corrected chi connectivity index (χ3v) is 3.54. The van der Waals surface area contributed by atoms with Crippen LogP contribution < -0.4 is 10.6 Å². The Morgan fingerprint density at radius 1 is 1.28 bits per heavy atom. The molecule has 2 rings (SSSR count). The number of hydrogen-bond acceptors (Lipinski definition) is 5. The molecule has 1 aromatic carbocycles. The molecule has 0 saturated carbocycles. The first-order valence-corrected chi connectivity index (χ1v) is 8.67. The number of nitrogens with one attached hydrogen (secondary N) is 2. The van der Waals surface area contributed by atoms with Crippen LogP contribution >= 0.6 is 0 Å². The minimum atomic E-state index is 0.101. The van der Waals surface area contributed by atoms with E-state index in [-0.39, 0.29) is 6.10 Å². The Labute approximate surface area is 148 Å². The maximum absolute atomic E-state index is 5.87. The van der Waals surface area contributed by atoms with E-state index in [4.69, 9.17) is 9.26 Å². The zero-order valence-electron chi connectivity index (χ0n) is 15.2. The van der Waals surface area contributed by atoms with Gasteiger partial charge in [0.2, 0.25) is 5.89 Å². The van der Waals surface area contributed by atoms with E-state index in [1.54, 1.807) is 6.92 Å². The van der Waals surface area contributed by atoms with Gasteiger partial charge >= 0.3 is 0 Å². The van der Waals surface area contributed by atoms with Gasteiger partial charge in [0.15, 0.2) is 11.8 Å². The number of aromatic nitrogens is 2. The molecule has 0 aliphatic heterocycles. The van der Waals surface area contributed by atoms with Gasteiger partial charge in [-0.2, -0.15) is 4.98 Å². The largest absolute Gasteiger partial charge is 0.374 e. The van der Waals surface area contributed by atoms with Crippen LogP contribution in [0.2, 0.25) is 0 Å². The van der Waals surface area contributed by atoms with Crippen LogP contribution in [0.1, 0.15) is 43.7 Å². The van der Waals surface area contributed by atoms with Gasteiger partial charge in [0.25, 0.3) is 0 Å². The second-order valence-electron chi connectivity index (χ2n) is 5.63. The molecular formula is C18H27N5O2. The van der Waals surface area contributed by atoms with Gasteiger partial charge in [-0.1, -0.05) is 35.5 Å². The Morgan fingerprint density at radius 3 is 2.76 bits per heavy atom.